The molecule has 0 aliphatic rings. The number of hydrogen-bond donors (Lipinski definition) is 2. The number of ether oxygens (including phenoxy) is 1. The Morgan fingerprint density at radius 2 is 2.06 bits per heavy atom. The number of anilines is 1. The van der Waals surface area contributed by atoms with Gasteiger partial charge in [-0.25, -0.2) is 0 Å². The third kappa shape index (κ3) is 2.20. The Hall–Kier alpha value is -2.30. The normalized spacial score (nSPS) is 10.2. The first kappa shape index (κ1) is 12.2. The predicted octanol–water partition coefficient (Wildman–Crippen LogP) is 2.29. The van der Waals surface area contributed by atoms with Gasteiger partial charge in [-0.1, -0.05) is 12.1 Å². The van der Waals surface area contributed by atoms with E-state index in [1.807, 2.05) is 19.9 Å². The van der Waals surface area contributed by atoms with E-state index in [9.17, 15) is 4.79 Å². The quantitative estimate of drug-likeness (QED) is 0.871. The minimum absolute atomic E-state index is 0.234. The first-order valence-electron chi connectivity index (χ1n) is 5.59. The van der Waals surface area contributed by atoms with E-state index in [2.05, 4.69) is 15.5 Å². The third-order valence-corrected chi connectivity index (χ3v) is 2.84. The maximum Gasteiger partial charge on any atom is 0.260 e. The number of H-pyrrole nitrogens is 1. The van der Waals surface area contributed by atoms with E-state index in [-0.39, 0.29) is 5.91 Å². The third-order valence-electron chi connectivity index (χ3n) is 2.84. The summed E-state index contributed by atoms with van der Waals surface area (Å²) in [5, 5.41) is 9.63. The molecule has 0 atom stereocenters. The molecule has 94 valence electrons. The summed E-state index contributed by atoms with van der Waals surface area (Å²) in [4.78, 5) is 12.1. The number of para-hydroxylation sites is 1. The summed E-state index contributed by atoms with van der Waals surface area (Å²) in [5.74, 6) is 0.852. The molecule has 0 aliphatic carbocycles. The van der Waals surface area contributed by atoms with Gasteiger partial charge in [0.1, 0.15) is 5.75 Å². The second-order valence-corrected chi connectivity index (χ2v) is 3.98. The molecular weight excluding hydrogens is 230 g/mol. The summed E-state index contributed by atoms with van der Waals surface area (Å²) in [6, 6.07) is 7.07. The highest BCUT2D eigenvalue weighted by atomic mass is 16.5. The van der Waals surface area contributed by atoms with Crippen molar-refractivity contribution in [3.63, 3.8) is 0 Å². The summed E-state index contributed by atoms with van der Waals surface area (Å²) < 4.78 is 5.15. The van der Waals surface area contributed by atoms with Crippen molar-refractivity contribution in [1.29, 1.82) is 0 Å². The topological polar surface area (TPSA) is 67.0 Å². The Balaban J connectivity index is 2.25. The number of amides is 1. The molecule has 0 radical (unpaired) electrons. The SMILES string of the molecule is COc1ccccc1C(=O)Nc1n[nH]c(C)c1C. The number of nitrogens with zero attached hydrogens (tertiary/aromatic N) is 1. The Morgan fingerprint density at radius 3 is 2.67 bits per heavy atom. The fourth-order valence-corrected chi connectivity index (χ4v) is 1.61. The van der Waals surface area contributed by atoms with Gasteiger partial charge < -0.3 is 10.1 Å². The van der Waals surface area contributed by atoms with Crippen LogP contribution in [0.5, 0.6) is 5.75 Å². The molecule has 2 rings (SSSR count). The number of aromatic nitrogens is 2. The summed E-state index contributed by atoms with van der Waals surface area (Å²) in [5.41, 5.74) is 2.35. The number of hydrogen-bond acceptors (Lipinski definition) is 3. The van der Waals surface area contributed by atoms with E-state index in [1.165, 1.54) is 7.11 Å². The molecule has 0 aliphatic heterocycles. The van der Waals surface area contributed by atoms with Crippen LogP contribution >= 0.6 is 0 Å². The van der Waals surface area contributed by atoms with E-state index in [4.69, 9.17) is 4.74 Å². The number of rotatable bonds is 3. The Kier molecular flexibility index (Phi) is 3.32. The van der Waals surface area contributed by atoms with Crippen LogP contribution in [0, 0.1) is 13.8 Å². The second-order valence-electron chi connectivity index (χ2n) is 3.98. The number of nitrogens with one attached hydrogen (secondary N) is 2. The lowest BCUT2D eigenvalue weighted by Gasteiger charge is -2.07. The van der Waals surface area contributed by atoms with Gasteiger partial charge >= 0.3 is 0 Å². The molecule has 0 unspecified atom stereocenters. The van der Waals surface area contributed by atoms with E-state index in [0.29, 0.717) is 17.1 Å². The average Bonchev–Trinajstić information content (AvgIpc) is 2.70. The zero-order chi connectivity index (χ0) is 13.1. The van der Waals surface area contributed by atoms with Crippen LogP contribution in [0.15, 0.2) is 24.3 Å². The molecule has 1 heterocycles. The number of benzene rings is 1. The van der Waals surface area contributed by atoms with Crippen LogP contribution in [-0.4, -0.2) is 23.2 Å². The van der Waals surface area contributed by atoms with Gasteiger partial charge in [0.05, 0.1) is 12.7 Å². The van der Waals surface area contributed by atoms with Gasteiger partial charge in [0.15, 0.2) is 5.82 Å². The predicted molar refractivity (Wildman–Crippen MR) is 69.0 cm³/mol. The number of carbonyl (C=O) groups excluding carboxylic acids is 1. The van der Waals surface area contributed by atoms with Crippen LogP contribution in [0.2, 0.25) is 0 Å². The summed E-state index contributed by atoms with van der Waals surface area (Å²) in [6.07, 6.45) is 0. The van der Waals surface area contributed by atoms with Gasteiger partial charge in [0.25, 0.3) is 5.91 Å². The largest absolute Gasteiger partial charge is 0.496 e. The molecule has 18 heavy (non-hydrogen) atoms. The van der Waals surface area contributed by atoms with Crippen molar-refractivity contribution in [2.45, 2.75) is 13.8 Å². The lowest BCUT2D eigenvalue weighted by molar-refractivity contribution is 0.102. The van der Waals surface area contributed by atoms with Crippen molar-refractivity contribution >= 4 is 11.7 Å². The van der Waals surface area contributed by atoms with Gasteiger partial charge in [-0.05, 0) is 26.0 Å². The molecule has 1 amide bonds. The monoisotopic (exact) mass is 245 g/mol. The van der Waals surface area contributed by atoms with Gasteiger partial charge in [0.2, 0.25) is 0 Å². The van der Waals surface area contributed by atoms with Crippen LogP contribution in [-0.2, 0) is 0 Å². The number of carbonyl (C=O) groups is 1. The minimum atomic E-state index is -0.234. The van der Waals surface area contributed by atoms with E-state index in [0.717, 1.165) is 11.3 Å². The molecule has 1 aromatic heterocycles. The van der Waals surface area contributed by atoms with Crippen molar-refractivity contribution in [3.05, 3.63) is 41.1 Å². The highest BCUT2D eigenvalue weighted by molar-refractivity contribution is 6.06. The van der Waals surface area contributed by atoms with E-state index < -0.39 is 0 Å². The van der Waals surface area contributed by atoms with Crippen molar-refractivity contribution in [1.82, 2.24) is 10.2 Å². The van der Waals surface area contributed by atoms with Gasteiger partial charge in [-0.2, -0.15) is 5.10 Å². The van der Waals surface area contributed by atoms with Crippen LogP contribution in [0.4, 0.5) is 5.82 Å². The fourth-order valence-electron chi connectivity index (χ4n) is 1.61. The molecule has 5 heteroatoms. The molecular formula is C13H15N3O2. The Labute approximate surface area is 105 Å². The maximum atomic E-state index is 12.1. The molecule has 0 spiro atoms. The maximum absolute atomic E-state index is 12.1. The van der Waals surface area contributed by atoms with Crippen LogP contribution < -0.4 is 10.1 Å². The van der Waals surface area contributed by atoms with Crippen LogP contribution in [0.25, 0.3) is 0 Å². The molecule has 1 aromatic carbocycles. The highest BCUT2D eigenvalue weighted by Crippen LogP contribution is 2.20. The van der Waals surface area contributed by atoms with Gasteiger partial charge in [0, 0.05) is 11.3 Å². The van der Waals surface area contributed by atoms with Gasteiger partial charge in [-0.15, -0.1) is 0 Å². The van der Waals surface area contributed by atoms with Crippen LogP contribution in [0.3, 0.4) is 0 Å². The summed E-state index contributed by atoms with van der Waals surface area (Å²) in [6.45, 7) is 3.80. The van der Waals surface area contributed by atoms with Crippen LogP contribution in [0.1, 0.15) is 21.6 Å². The summed E-state index contributed by atoms with van der Waals surface area (Å²) >= 11 is 0. The minimum Gasteiger partial charge on any atom is -0.496 e. The lowest BCUT2D eigenvalue weighted by atomic mass is 10.2. The van der Waals surface area contributed by atoms with Crippen molar-refractivity contribution in [2.75, 3.05) is 12.4 Å². The molecule has 2 N–H and O–H groups in total. The van der Waals surface area contributed by atoms with Crippen molar-refractivity contribution < 1.29 is 9.53 Å². The standard InChI is InChI=1S/C13H15N3O2/c1-8-9(2)15-16-12(8)14-13(17)10-6-4-5-7-11(10)18-3/h4-7H,1-3H3,(H2,14,15,16,17). The molecule has 5 nitrogen and oxygen atoms in total. The van der Waals surface area contributed by atoms with Gasteiger partial charge in [-0.3, -0.25) is 9.89 Å². The zero-order valence-electron chi connectivity index (χ0n) is 10.6. The number of aromatic amines is 1. The first-order chi connectivity index (χ1) is 8.63. The molecule has 0 saturated carbocycles. The average molecular weight is 245 g/mol. The smallest absolute Gasteiger partial charge is 0.260 e. The van der Waals surface area contributed by atoms with E-state index >= 15 is 0 Å². The molecule has 0 saturated heterocycles. The molecule has 2 aromatic rings. The summed E-state index contributed by atoms with van der Waals surface area (Å²) in [7, 11) is 1.54. The van der Waals surface area contributed by atoms with Crippen molar-refractivity contribution in [3.8, 4) is 5.75 Å². The second kappa shape index (κ2) is 4.91. The first-order valence-corrected chi connectivity index (χ1v) is 5.59. The molecule has 0 fully saturated rings. The molecule has 0 bridgehead atoms. The lowest BCUT2D eigenvalue weighted by Crippen LogP contribution is -2.14. The Morgan fingerprint density at radius 1 is 1.33 bits per heavy atom. The fraction of sp³-hybridized carbons (Fsp3) is 0.231. The van der Waals surface area contributed by atoms with Crippen molar-refractivity contribution in [2.24, 2.45) is 0 Å². The highest BCUT2D eigenvalue weighted by Gasteiger charge is 2.14. The number of aryl methyl sites for hydroxylation is 1. The van der Waals surface area contributed by atoms with E-state index in [1.54, 1.807) is 18.2 Å². The number of methoxy groups -OCH3 is 1. The zero-order valence-corrected chi connectivity index (χ0v) is 10.6. The Bertz CT molecular complexity index is 575.